The SMILES string of the molecule is CCCCC(=O)O[C@H]1O[C@@H](C(O)CO)[C@H](O)[C@H]1O. The molecule has 1 rings (SSSR count). The fraction of sp³-hybridized carbons (Fsp3) is 0.909. The number of unbranched alkanes of at least 4 members (excludes halogenated alkanes) is 1. The van der Waals surface area contributed by atoms with Crippen LogP contribution < -0.4 is 0 Å². The summed E-state index contributed by atoms with van der Waals surface area (Å²) < 4.78 is 9.89. The third-order valence-electron chi connectivity index (χ3n) is 2.80. The summed E-state index contributed by atoms with van der Waals surface area (Å²) in [4.78, 5) is 11.3. The zero-order chi connectivity index (χ0) is 13.7. The van der Waals surface area contributed by atoms with Gasteiger partial charge < -0.3 is 29.9 Å². The summed E-state index contributed by atoms with van der Waals surface area (Å²) in [6, 6.07) is 0. The highest BCUT2D eigenvalue weighted by molar-refractivity contribution is 5.69. The van der Waals surface area contributed by atoms with Crippen molar-refractivity contribution in [1.29, 1.82) is 0 Å². The molecule has 1 unspecified atom stereocenters. The molecule has 7 nitrogen and oxygen atoms in total. The highest BCUT2D eigenvalue weighted by Gasteiger charge is 2.47. The Balaban J connectivity index is 2.50. The van der Waals surface area contributed by atoms with Gasteiger partial charge in [0.15, 0.2) is 0 Å². The summed E-state index contributed by atoms with van der Waals surface area (Å²) in [5.41, 5.74) is 0. The molecule has 1 aliphatic heterocycles. The lowest BCUT2D eigenvalue weighted by molar-refractivity contribution is -0.195. The van der Waals surface area contributed by atoms with E-state index in [1.807, 2.05) is 6.92 Å². The van der Waals surface area contributed by atoms with E-state index in [1.165, 1.54) is 0 Å². The van der Waals surface area contributed by atoms with Crippen molar-refractivity contribution >= 4 is 5.97 Å². The zero-order valence-electron chi connectivity index (χ0n) is 10.2. The van der Waals surface area contributed by atoms with E-state index in [0.717, 1.165) is 6.42 Å². The molecule has 1 aliphatic rings. The van der Waals surface area contributed by atoms with E-state index in [1.54, 1.807) is 0 Å². The van der Waals surface area contributed by atoms with Crippen LogP contribution in [0.25, 0.3) is 0 Å². The molecule has 1 saturated heterocycles. The number of carbonyl (C=O) groups excluding carboxylic acids is 1. The van der Waals surface area contributed by atoms with Gasteiger partial charge in [0.2, 0.25) is 6.29 Å². The van der Waals surface area contributed by atoms with Gasteiger partial charge in [-0.15, -0.1) is 0 Å². The molecular formula is C11H20O7. The van der Waals surface area contributed by atoms with Gasteiger partial charge in [0.05, 0.1) is 6.61 Å². The largest absolute Gasteiger partial charge is 0.433 e. The average molecular weight is 264 g/mol. The van der Waals surface area contributed by atoms with E-state index in [2.05, 4.69) is 0 Å². The molecule has 4 N–H and O–H groups in total. The van der Waals surface area contributed by atoms with Crippen molar-refractivity contribution in [3.8, 4) is 0 Å². The van der Waals surface area contributed by atoms with Crippen LogP contribution in [0, 0.1) is 0 Å². The normalized spacial score (nSPS) is 33.4. The number of ether oxygens (including phenoxy) is 2. The van der Waals surface area contributed by atoms with Crippen LogP contribution in [0.4, 0.5) is 0 Å². The number of carbonyl (C=O) groups is 1. The maximum atomic E-state index is 11.3. The molecule has 0 saturated carbocycles. The molecular weight excluding hydrogens is 244 g/mol. The summed E-state index contributed by atoms with van der Waals surface area (Å²) >= 11 is 0. The first-order valence-corrected chi connectivity index (χ1v) is 6.01. The molecule has 1 heterocycles. The van der Waals surface area contributed by atoms with Crippen LogP contribution in [0.5, 0.6) is 0 Å². The third-order valence-corrected chi connectivity index (χ3v) is 2.80. The molecule has 7 heteroatoms. The predicted molar refractivity (Wildman–Crippen MR) is 59.4 cm³/mol. The lowest BCUT2D eigenvalue weighted by atomic mass is 10.1. The first-order valence-electron chi connectivity index (χ1n) is 6.01. The lowest BCUT2D eigenvalue weighted by Gasteiger charge is -2.18. The minimum absolute atomic E-state index is 0.201. The predicted octanol–water partition coefficient (Wildman–Crippen LogP) is -1.48. The van der Waals surface area contributed by atoms with Crippen LogP contribution in [-0.2, 0) is 14.3 Å². The smallest absolute Gasteiger partial charge is 0.308 e. The Morgan fingerprint density at radius 3 is 2.61 bits per heavy atom. The Kier molecular flexibility index (Phi) is 5.97. The van der Waals surface area contributed by atoms with E-state index in [9.17, 15) is 20.1 Å². The molecule has 0 radical (unpaired) electrons. The number of aliphatic hydroxyl groups excluding tert-OH is 4. The second kappa shape index (κ2) is 7.01. The molecule has 0 bridgehead atoms. The Bertz CT molecular complexity index is 270. The summed E-state index contributed by atoms with van der Waals surface area (Å²) in [6.07, 6.45) is -4.96. The number of esters is 1. The summed E-state index contributed by atoms with van der Waals surface area (Å²) in [6.45, 7) is 1.30. The fourth-order valence-electron chi connectivity index (χ4n) is 1.70. The van der Waals surface area contributed by atoms with Crippen LogP contribution in [0.1, 0.15) is 26.2 Å². The molecule has 0 spiro atoms. The molecule has 18 heavy (non-hydrogen) atoms. The van der Waals surface area contributed by atoms with Crippen molar-refractivity contribution < 1.29 is 34.7 Å². The summed E-state index contributed by atoms with van der Waals surface area (Å²) in [7, 11) is 0. The van der Waals surface area contributed by atoms with Crippen molar-refractivity contribution in [2.24, 2.45) is 0 Å². The molecule has 5 atom stereocenters. The van der Waals surface area contributed by atoms with E-state index >= 15 is 0 Å². The van der Waals surface area contributed by atoms with Crippen molar-refractivity contribution in [2.75, 3.05) is 6.61 Å². The van der Waals surface area contributed by atoms with Gasteiger partial charge in [-0.2, -0.15) is 0 Å². The quantitative estimate of drug-likeness (QED) is 0.432. The molecule has 0 aromatic carbocycles. The Hall–Kier alpha value is -0.730. The van der Waals surface area contributed by atoms with Crippen molar-refractivity contribution in [3.63, 3.8) is 0 Å². The number of hydrogen-bond donors (Lipinski definition) is 4. The maximum Gasteiger partial charge on any atom is 0.308 e. The van der Waals surface area contributed by atoms with Gasteiger partial charge in [0, 0.05) is 6.42 Å². The average Bonchev–Trinajstić information content (AvgIpc) is 2.64. The Morgan fingerprint density at radius 1 is 1.39 bits per heavy atom. The minimum atomic E-state index is -1.43. The maximum absolute atomic E-state index is 11.3. The number of rotatable bonds is 6. The molecule has 1 fully saturated rings. The molecule has 0 aliphatic carbocycles. The van der Waals surface area contributed by atoms with Crippen LogP contribution in [0.2, 0.25) is 0 Å². The topological polar surface area (TPSA) is 116 Å². The molecule has 0 aromatic heterocycles. The summed E-state index contributed by atoms with van der Waals surface area (Å²) in [5, 5.41) is 37.3. The van der Waals surface area contributed by atoms with Gasteiger partial charge in [-0.3, -0.25) is 4.79 Å². The van der Waals surface area contributed by atoms with Crippen LogP contribution in [0.15, 0.2) is 0 Å². The molecule has 0 amide bonds. The third kappa shape index (κ3) is 3.63. The Morgan fingerprint density at radius 2 is 2.06 bits per heavy atom. The van der Waals surface area contributed by atoms with Crippen molar-refractivity contribution in [2.45, 2.75) is 56.9 Å². The fourth-order valence-corrected chi connectivity index (χ4v) is 1.70. The van der Waals surface area contributed by atoms with E-state index in [0.29, 0.717) is 6.42 Å². The monoisotopic (exact) mass is 264 g/mol. The van der Waals surface area contributed by atoms with Gasteiger partial charge >= 0.3 is 5.97 Å². The first kappa shape index (κ1) is 15.3. The van der Waals surface area contributed by atoms with Gasteiger partial charge in [-0.1, -0.05) is 13.3 Å². The van der Waals surface area contributed by atoms with Crippen LogP contribution in [0.3, 0.4) is 0 Å². The van der Waals surface area contributed by atoms with E-state index < -0.39 is 43.3 Å². The van der Waals surface area contributed by atoms with Gasteiger partial charge in [0.1, 0.15) is 24.4 Å². The Labute approximate surface area is 105 Å². The van der Waals surface area contributed by atoms with Gasteiger partial charge in [-0.05, 0) is 6.42 Å². The van der Waals surface area contributed by atoms with Crippen LogP contribution >= 0.6 is 0 Å². The second-order valence-corrected chi connectivity index (χ2v) is 4.29. The number of aliphatic hydroxyl groups is 4. The number of hydrogen-bond acceptors (Lipinski definition) is 7. The minimum Gasteiger partial charge on any atom is -0.433 e. The molecule has 0 aromatic rings. The highest BCUT2D eigenvalue weighted by Crippen LogP contribution is 2.25. The second-order valence-electron chi connectivity index (χ2n) is 4.29. The highest BCUT2D eigenvalue weighted by atomic mass is 16.7. The van der Waals surface area contributed by atoms with E-state index in [-0.39, 0.29) is 6.42 Å². The first-order chi connectivity index (χ1) is 8.51. The van der Waals surface area contributed by atoms with E-state index in [4.69, 9.17) is 14.6 Å². The zero-order valence-corrected chi connectivity index (χ0v) is 10.2. The van der Waals surface area contributed by atoms with Gasteiger partial charge in [0.25, 0.3) is 0 Å². The van der Waals surface area contributed by atoms with Crippen molar-refractivity contribution in [1.82, 2.24) is 0 Å². The van der Waals surface area contributed by atoms with Crippen LogP contribution in [-0.4, -0.2) is 63.7 Å². The van der Waals surface area contributed by atoms with Gasteiger partial charge in [-0.25, -0.2) is 0 Å². The lowest BCUT2D eigenvalue weighted by Crippen LogP contribution is -2.40. The molecule has 106 valence electrons. The van der Waals surface area contributed by atoms with Crippen molar-refractivity contribution in [3.05, 3.63) is 0 Å². The standard InChI is InChI=1S/C11H20O7/c1-2-3-4-7(14)17-11-9(16)8(15)10(18-11)6(13)5-12/h6,8-13,15-16H,2-5H2,1H3/t6?,8-,9-,10+,11+/m1/s1. The summed E-state index contributed by atoms with van der Waals surface area (Å²) in [5.74, 6) is -0.535.